The van der Waals surface area contributed by atoms with Gasteiger partial charge in [0.15, 0.2) is 0 Å². The lowest BCUT2D eigenvalue weighted by Gasteiger charge is -2.21. The third kappa shape index (κ3) is 4.75. The smallest absolute Gasteiger partial charge is 0.313 e. The molecule has 8 nitrogen and oxygen atoms in total. The fraction of sp³-hybridized carbons (Fsp3) is 0.471. The van der Waals surface area contributed by atoms with Crippen molar-refractivity contribution in [3.63, 3.8) is 0 Å². The summed E-state index contributed by atoms with van der Waals surface area (Å²) in [6.07, 6.45) is 0.545. The zero-order valence-electron chi connectivity index (χ0n) is 15.3. The van der Waals surface area contributed by atoms with Crippen LogP contribution in [0, 0.1) is 5.92 Å². The number of nitrogens with one attached hydrogen (secondary N) is 1. The lowest BCUT2D eigenvalue weighted by Crippen LogP contribution is -2.32. The fourth-order valence-electron chi connectivity index (χ4n) is 2.79. The van der Waals surface area contributed by atoms with Gasteiger partial charge in [-0.25, -0.2) is 21.6 Å². The van der Waals surface area contributed by atoms with E-state index in [1.54, 1.807) is 13.8 Å². The van der Waals surface area contributed by atoms with Gasteiger partial charge in [-0.1, -0.05) is 18.7 Å². The molecule has 1 heterocycles. The van der Waals surface area contributed by atoms with Crippen LogP contribution in [0.5, 0.6) is 0 Å². The van der Waals surface area contributed by atoms with Crippen LogP contribution in [0.3, 0.4) is 0 Å². The number of hydrogen-bond donors (Lipinski definition) is 2. The molecule has 0 unspecified atom stereocenters. The molecule has 2 rings (SSSR count). The van der Waals surface area contributed by atoms with Gasteiger partial charge in [0, 0.05) is 25.0 Å². The van der Waals surface area contributed by atoms with Crippen LogP contribution in [0.1, 0.15) is 25.8 Å². The van der Waals surface area contributed by atoms with Crippen molar-refractivity contribution in [1.29, 1.82) is 0 Å². The van der Waals surface area contributed by atoms with E-state index >= 15 is 0 Å². The second kappa shape index (κ2) is 7.70. The van der Waals surface area contributed by atoms with E-state index in [1.807, 2.05) is 0 Å². The SMILES string of the molecule is C=CS(=O)(=O)NC[C@H]1CCN(S(=O)(=O)c2ccc(C(C)(C)C(=O)O)cc2)C1. The summed E-state index contributed by atoms with van der Waals surface area (Å²) in [5.74, 6) is -1.12. The molecule has 1 aliphatic heterocycles. The summed E-state index contributed by atoms with van der Waals surface area (Å²) < 4.78 is 52.1. The highest BCUT2D eigenvalue weighted by molar-refractivity contribution is 7.92. The summed E-state index contributed by atoms with van der Waals surface area (Å²) in [6, 6.07) is 5.83. The van der Waals surface area contributed by atoms with E-state index in [4.69, 9.17) is 0 Å². The van der Waals surface area contributed by atoms with Gasteiger partial charge >= 0.3 is 5.97 Å². The molecule has 2 N–H and O–H groups in total. The zero-order chi connectivity index (χ0) is 20.5. The molecule has 0 bridgehead atoms. The molecule has 1 aromatic rings. The third-order valence-corrected chi connectivity index (χ3v) is 7.68. The van der Waals surface area contributed by atoms with Crippen LogP contribution >= 0.6 is 0 Å². The third-order valence-electron chi connectivity index (χ3n) is 4.79. The van der Waals surface area contributed by atoms with Gasteiger partial charge in [-0.05, 0) is 43.9 Å². The van der Waals surface area contributed by atoms with Crippen molar-refractivity contribution in [1.82, 2.24) is 9.03 Å². The van der Waals surface area contributed by atoms with Crippen molar-refractivity contribution >= 4 is 26.0 Å². The highest BCUT2D eigenvalue weighted by Gasteiger charge is 2.34. The maximum Gasteiger partial charge on any atom is 0.313 e. The molecule has 0 aromatic heterocycles. The number of carboxylic acids is 1. The van der Waals surface area contributed by atoms with Crippen molar-refractivity contribution in [3.8, 4) is 0 Å². The predicted molar refractivity (Wildman–Crippen MR) is 101 cm³/mol. The van der Waals surface area contributed by atoms with E-state index in [0.29, 0.717) is 18.5 Å². The maximum atomic E-state index is 12.8. The number of nitrogens with zero attached hydrogens (tertiary/aromatic N) is 1. The van der Waals surface area contributed by atoms with Crippen molar-refractivity contribution in [3.05, 3.63) is 41.8 Å². The van der Waals surface area contributed by atoms with E-state index in [9.17, 15) is 26.7 Å². The molecule has 1 aromatic carbocycles. The molecule has 1 saturated heterocycles. The number of carboxylic acid groups (broad SMARTS) is 1. The van der Waals surface area contributed by atoms with E-state index in [-0.39, 0.29) is 23.9 Å². The quantitative estimate of drug-likeness (QED) is 0.655. The molecule has 10 heteroatoms. The molecule has 1 fully saturated rings. The molecular formula is C17H24N2O6S2. The van der Waals surface area contributed by atoms with Crippen LogP contribution in [-0.2, 0) is 30.3 Å². The van der Waals surface area contributed by atoms with Gasteiger partial charge in [0.05, 0.1) is 10.3 Å². The summed E-state index contributed by atoms with van der Waals surface area (Å²) in [7, 11) is -7.26. The van der Waals surface area contributed by atoms with Crippen LogP contribution in [0.4, 0.5) is 0 Å². The van der Waals surface area contributed by atoms with E-state index in [2.05, 4.69) is 11.3 Å². The Morgan fingerprint density at radius 1 is 1.30 bits per heavy atom. The molecule has 150 valence electrons. The molecule has 1 aliphatic rings. The number of sulfonamides is 2. The van der Waals surface area contributed by atoms with Gasteiger partial charge in [0.1, 0.15) is 0 Å². The minimum Gasteiger partial charge on any atom is -0.481 e. The van der Waals surface area contributed by atoms with Crippen LogP contribution in [0.2, 0.25) is 0 Å². The number of hydrogen-bond acceptors (Lipinski definition) is 5. The Balaban J connectivity index is 2.11. The summed E-state index contributed by atoms with van der Waals surface area (Å²) in [5.41, 5.74) is -0.615. The summed E-state index contributed by atoms with van der Waals surface area (Å²) in [5, 5.41) is 10.1. The summed E-state index contributed by atoms with van der Waals surface area (Å²) >= 11 is 0. The van der Waals surface area contributed by atoms with Crippen LogP contribution < -0.4 is 4.72 Å². The Kier molecular flexibility index (Phi) is 6.15. The lowest BCUT2D eigenvalue weighted by atomic mass is 9.85. The van der Waals surface area contributed by atoms with Crippen LogP contribution in [0.15, 0.2) is 41.1 Å². The monoisotopic (exact) mass is 416 g/mol. The number of aliphatic carboxylic acids is 1. The fourth-order valence-corrected chi connectivity index (χ4v) is 4.91. The molecular weight excluding hydrogens is 392 g/mol. The first-order valence-electron chi connectivity index (χ1n) is 8.36. The largest absolute Gasteiger partial charge is 0.481 e. The van der Waals surface area contributed by atoms with Gasteiger partial charge in [0.25, 0.3) is 0 Å². The van der Waals surface area contributed by atoms with Gasteiger partial charge in [0.2, 0.25) is 20.0 Å². The average Bonchev–Trinajstić information content (AvgIpc) is 3.10. The number of carbonyl (C=O) groups is 1. The van der Waals surface area contributed by atoms with Crippen LogP contribution in [0.25, 0.3) is 0 Å². The van der Waals surface area contributed by atoms with Gasteiger partial charge in [-0.3, -0.25) is 4.79 Å². The van der Waals surface area contributed by atoms with Crippen molar-refractivity contribution in [2.45, 2.75) is 30.6 Å². The highest BCUT2D eigenvalue weighted by Crippen LogP contribution is 2.28. The molecule has 0 aliphatic carbocycles. The van der Waals surface area contributed by atoms with Crippen molar-refractivity contribution < 1.29 is 26.7 Å². The second-order valence-electron chi connectivity index (χ2n) is 7.03. The second-order valence-corrected chi connectivity index (χ2v) is 10.7. The molecule has 1 atom stereocenters. The molecule has 27 heavy (non-hydrogen) atoms. The zero-order valence-corrected chi connectivity index (χ0v) is 16.9. The summed E-state index contributed by atoms with van der Waals surface area (Å²) in [6.45, 7) is 6.97. The highest BCUT2D eigenvalue weighted by atomic mass is 32.2. The van der Waals surface area contributed by atoms with E-state index in [1.165, 1.54) is 28.6 Å². The predicted octanol–water partition coefficient (Wildman–Crippen LogP) is 1.12. The topological polar surface area (TPSA) is 121 Å². The maximum absolute atomic E-state index is 12.8. The number of benzene rings is 1. The van der Waals surface area contributed by atoms with Crippen molar-refractivity contribution in [2.75, 3.05) is 19.6 Å². The minimum absolute atomic E-state index is 0.0831. The molecule has 0 spiro atoms. The molecule has 0 radical (unpaired) electrons. The van der Waals surface area contributed by atoms with Gasteiger partial charge < -0.3 is 5.11 Å². The molecule has 0 saturated carbocycles. The Morgan fingerprint density at radius 2 is 1.89 bits per heavy atom. The first-order chi connectivity index (χ1) is 12.4. The molecule has 0 amide bonds. The minimum atomic E-state index is -3.72. The Morgan fingerprint density at radius 3 is 2.41 bits per heavy atom. The number of rotatable bonds is 8. The Labute approximate surface area is 160 Å². The lowest BCUT2D eigenvalue weighted by molar-refractivity contribution is -0.142. The Bertz CT molecular complexity index is 921. The average molecular weight is 417 g/mol. The van der Waals surface area contributed by atoms with Crippen molar-refractivity contribution in [2.24, 2.45) is 5.92 Å². The first-order valence-corrected chi connectivity index (χ1v) is 11.3. The standard InChI is InChI=1S/C17H24N2O6S2/c1-4-26(22,23)18-11-13-9-10-19(12-13)27(24,25)15-7-5-14(6-8-15)17(2,3)16(20)21/h4-8,13,18H,1,9-12H2,2-3H3,(H,20,21)/t13-/m1/s1. The van der Waals surface area contributed by atoms with E-state index in [0.717, 1.165) is 5.41 Å². The van der Waals surface area contributed by atoms with E-state index < -0.39 is 31.4 Å². The van der Waals surface area contributed by atoms with Crippen LogP contribution in [-0.4, -0.2) is 51.9 Å². The van der Waals surface area contributed by atoms with Gasteiger partial charge in [-0.2, -0.15) is 4.31 Å². The Hall–Kier alpha value is -1.75. The van der Waals surface area contributed by atoms with Gasteiger partial charge in [-0.15, -0.1) is 0 Å². The first kappa shape index (κ1) is 21.5. The normalized spacial score (nSPS) is 19.1. The summed E-state index contributed by atoms with van der Waals surface area (Å²) in [4.78, 5) is 11.4.